The van der Waals surface area contributed by atoms with Gasteiger partial charge in [-0.15, -0.1) is 0 Å². The van der Waals surface area contributed by atoms with Crippen molar-refractivity contribution in [1.82, 2.24) is 0 Å². The van der Waals surface area contributed by atoms with E-state index in [9.17, 15) is 4.79 Å². The lowest BCUT2D eigenvalue weighted by Crippen LogP contribution is -2.25. The molecular weight excluding hydrogens is 264 g/mol. The van der Waals surface area contributed by atoms with Crippen LogP contribution in [-0.4, -0.2) is 24.2 Å². The van der Waals surface area contributed by atoms with Gasteiger partial charge in [-0.25, -0.2) is 0 Å². The Labute approximate surface area is 127 Å². The number of unbranched alkanes of at least 4 members (excludes halogenated alkanes) is 2. The van der Waals surface area contributed by atoms with Gasteiger partial charge in [0.05, 0.1) is 6.07 Å². The Kier molecular flexibility index (Phi) is 7.31. The van der Waals surface area contributed by atoms with Gasteiger partial charge in [0, 0.05) is 18.8 Å². The molecule has 0 bridgehead atoms. The van der Waals surface area contributed by atoms with Crippen LogP contribution in [0.3, 0.4) is 0 Å². The van der Waals surface area contributed by atoms with Crippen molar-refractivity contribution in [3.63, 3.8) is 0 Å². The Morgan fingerprint density at radius 3 is 2.10 bits per heavy atom. The van der Waals surface area contributed by atoms with Crippen LogP contribution >= 0.6 is 0 Å². The number of rotatable bonds is 9. The summed E-state index contributed by atoms with van der Waals surface area (Å²) >= 11 is 0. The maximum atomic E-state index is 11.0. The first-order chi connectivity index (χ1) is 10.1. The summed E-state index contributed by atoms with van der Waals surface area (Å²) in [5.41, 5.74) is 1.64. The number of carbonyl (C=O) groups is 1. The van der Waals surface area contributed by atoms with Crippen molar-refractivity contribution in [3.8, 4) is 6.07 Å². The van der Waals surface area contributed by atoms with E-state index >= 15 is 0 Å². The summed E-state index contributed by atoms with van der Waals surface area (Å²) in [4.78, 5) is 13.3. The Hall–Kier alpha value is -2.02. The quantitative estimate of drug-likeness (QED) is 0.751. The minimum atomic E-state index is -1.10. The van der Waals surface area contributed by atoms with Gasteiger partial charge < -0.3 is 10.0 Å². The Morgan fingerprint density at radius 1 is 1.19 bits per heavy atom. The van der Waals surface area contributed by atoms with E-state index in [0.29, 0.717) is 5.56 Å². The molecular formula is C17H24N2O2. The van der Waals surface area contributed by atoms with Gasteiger partial charge in [0.15, 0.2) is 5.92 Å². The largest absolute Gasteiger partial charge is 0.480 e. The number of hydrogen-bond donors (Lipinski definition) is 1. The first-order valence-corrected chi connectivity index (χ1v) is 7.61. The van der Waals surface area contributed by atoms with E-state index < -0.39 is 11.9 Å². The standard InChI is InChI=1S/C17H24N2O2/c1-3-5-11-19(12-6-4-2)15-9-7-14(8-10-15)16(13-18)17(20)21/h7-10,16H,3-6,11-12H2,1-2H3,(H,20,21). The lowest BCUT2D eigenvalue weighted by molar-refractivity contribution is -0.137. The van der Waals surface area contributed by atoms with Gasteiger partial charge in [-0.3, -0.25) is 4.79 Å². The van der Waals surface area contributed by atoms with Crippen LogP contribution in [0.2, 0.25) is 0 Å². The molecule has 0 spiro atoms. The average Bonchev–Trinajstić information content (AvgIpc) is 2.49. The number of carboxylic acid groups (broad SMARTS) is 1. The molecule has 1 atom stereocenters. The molecule has 1 rings (SSSR count). The second-order valence-electron chi connectivity index (χ2n) is 5.19. The van der Waals surface area contributed by atoms with Crippen LogP contribution < -0.4 is 4.90 Å². The molecule has 1 aromatic rings. The molecule has 0 saturated heterocycles. The van der Waals surface area contributed by atoms with Crippen molar-refractivity contribution >= 4 is 11.7 Å². The number of benzene rings is 1. The van der Waals surface area contributed by atoms with E-state index in [0.717, 1.165) is 44.5 Å². The van der Waals surface area contributed by atoms with Gasteiger partial charge in [-0.05, 0) is 30.5 Å². The molecule has 4 heteroatoms. The molecule has 1 aromatic carbocycles. The second kappa shape index (κ2) is 9.02. The number of carboxylic acids is 1. The van der Waals surface area contributed by atoms with E-state index in [-0.39, 0.29) is 0 Å². The third-order valence-corrected chi connectivity index (χ3v) is 3.53. The monoisotopic (exact) mass is 288 g/mol. The zero-order valence-corrected chi connectivity index (χ0v) is 12.9. The van der Waals surface area contributed by atoms with Gasteiger partial charge in [0.1, 0.15) is 0 Å². The fourth-order valence-electron chi connectivity index (χ4n) is 2.22. The highest BCUT2D eigenvalue weighted by atomic mass is 16.4. The molecule has 0 radical (unpaired) electrons. The highest BCUT2D eigenvalue weighted by molar-refractivity contribution is 5.79. The highest BCUT2D eigenvalue weighted by Gasteiger charge is 2.19. The Bertz CT molecular complexity index is 469. The number of hydrogen-bond acceptors (Lipinski definition) is 3. The number of nitrogens with zero attached hydrogens (tertiary/aromatic N) is 2. The molecule has 0 saturated carbocycles. The highest BCUT2D eigenvalue weighted by Crippen LogP contribution is 2.21. The Morgan fingerprint density at radius 2 is 1.71 bits per heavy atom. The molecule has 0 aliphatic heterocycles. The van der Waals surface area contributed by atoms with Crippen LogP contribution in [0.4, 0.5) is 5.69 Å². The third kappa shape index (κ3) is 5.11. The normalized spacial score (nSPS) is 11.7. The summed E-state index contributed by atoms with van der Waals surface area (Å²) in [7, 11) is 0. The van der Waals surface area contributed by atoms with E-state index in [1.165, 1.54) is 0 Å². The lowest BCUT2D eigenvalue weighted by Gasteiger charge is -2.25. The molecule has 0 fully saturated rings. The van der Waals surface area contributed by atoms with Gasteiger partial charge in [0.25, 0.3) is 0 Å². The Balaban J connectivity index is 2.86. The molecule has 0 aliphatic rings. The van der Waals surface area contributed by atoms with E-state index in [2.05, 4.69) is 18.7 Å². The molecule has 1 unspecified atom stereocenters. The second-order valence-corrected chi connectivity index (χ2v) is 5.19. The summed E-state index contributed by atoms with van der Waals surface area (Å²) in [6, 6.07) is 9.18. The third-order valence-electron chi connectivity index (χ3n) is 3.53. The molecule has 0 heterocycles. The van der Waals surface area contributed by atoms with Crippen LogP contribution in [-0.2, 0) is 4.79 Å². The summed E-state index contributed by atoms with van der Waals surface area (Å²) < 4.78 is 0. The van der Waals surface area contributed by atoms with Crippen LogP contribution in [0.5, 0.6) is 0 Å². The SMILES string of the molecule is CCCCN(CCCC)c1ccc(C(C#N)C(=O)O)cc1. The van der Waals surface area contributed by atoms with E-state index in [1.807, 2.05) is 18.2 Å². The van der Waals surface area contributed by atoms with Crippen LogP contribution in [0.1, 0.15) is 51.0 Å². The van der Waals surface area contributed by atoms with Crippen molar-refractivity contribution in [3.05, 3.63) is 29.8 Å². The van der Waals surface area contributed by atoms with Gasteiger partial charge >= 0.3 is 5.97 Å². The maximum Gasteiger partial charge on any atom is 0.325 e. The van der Waals surface area contributed by atoms with Gasteiger partial charge in [-0.2, -0.15) is 5.26 Å². The minimum Gasteiger partial charge on any atom is -0.480 e. The number of anilines is 1. The van der Waals surface area contributed by atoms with Crippen LogP contribution in [0.15, 0.2) is 24.3 Å². The maximum absolute atomic E-state index is 11.0. The number of nitriles is 1. The van der Waals surface area contributed by atoms with E-state index in [4.69, 9.17) is 10.4 Å². The summed E-state index contributed by atoms with van der Waals surface area (Å²) in [5, 5.41) is 17.9. The van der Waals surface area contributed by atoms with Crippen molar-refractivity contribution in [1.29, 1.82) is 5.26 Å². The molecule has 0 aliphatic carbocycles. The smallest absolute Gasteiger partial charge is 0.325 e. The predicted molar refractivity (Wildman–Crippen MR) is 84.5 cm³/mol. The van der Waals surface area contributed by atoms with Crippen LogP contribution in [0, 0.1) is 11.3 Å². The topological polar surface area (TPSA) is 64.3 Å². The molecule has 1 N–H and O–H groups in total. The summed E-state index contributed by atoms with van der Waals surface area (Å²) in [6.07, 6.45) is 4.58. The van der Waals surface area contributed by atoms with Gasteiger partial charge in [0.2, 0.25) is 0 Å². The number of aliphatic carboxylic acids is 1. The fraction of sp³-hybridized carbons (Fsp3) is 0.529. The van der Waals surface area contributed by atoms with Crippen molar-refractivity contribution in [2.75, 3.05) is 18.0 Å². The molecule has 114 valence electrons. The molecule has 0 aromatic heterocycles. The fourth-order valence-corrected chi connectivity index (χ4v) is 2.22. The molecule has 4 nitrogen and oxygen atoms in total. The summed E-state index contributed by atoms with van der Waals surface area (Å²) in [6.45, 7) is 6.36. The zero-order valence-electron chi connectivity index (χ0n) is 12.9. The van der Waals surface area contributed by atoms with Crippen LogP contribution in [0.25, 0.3) is 0 Å². The average molecular weight is 288 g/mol. The van der Waals surface area contributed by atoms with Gasteiger partial charge in [-0.1, -0.05) is 38.8 Å². The molecule has 0 amide bonds. The first-order valence-electron chi connectivity index (χ1n) is 7.61. The predicted octanol–water partition coefficient (Wildman–Crippen LogP) is 3.78. The molecule has 21 heavy (non-hydrogen) atoms. The van der Waals surface area contributed by atoms with Crippen molar-refractivity contribution in [2.45, 2.75) is 45.4 Å². The minimum absolute atomic E-state index is 0.541. The van der Waals surface area contributed by atoms with E-state index in [1.54, 1.807) is 12.1 Å². The summed E-state index contributed by atoms with van der Waals surface area (Å²) in [5.74, 6) is -2.18. The van der Waals surface area contributed by atoms with Crippen molar-refractivity contribution in [2.24, 2.45) is 0 Å². The lowest BCUT2D eigenvalue weighted by atomic mass is 10.0. The zero-order chi connectivity index (χ0) is 15.7. The van der Waals surface area contributed by atoms with Crippen molar-refractivity contribution < 1.29 is 9.90 Å². The first kappa shape index (κ1) is 17.0.